The molecule has 0 N–H and O–H groups in total. The van der Waals surface area contributed by atoms with Gasteiger partial charge in [-0.05, 0) is 43.4 Å². The molecule has 0 aliphatic carbocycles. The number of rotatable bonds is 3. The zero-order valence-corrected chi connectivity index (χ0v) is 13.8. The highest BCUT2D eigenvalue weighted by molar-refractivity contribution is 5.70. The van der Waals surface area contributed by atoms with Gasteiger partial charge >= 0.3 is 6.09 Å². The number of hydrogen-bond acceptors (Lipinski definition) is 2. The van der Waals surface area contributed by atoms with Crippen LogP contribution in [0.4, 0.5) is 4.79 Å². The summed E-state index contributed by atoms with van der Waals surface area (Å²) in [6.45, 7) is 5.32. The van der Waals surface area contributed by atoms with Crippen molar-refractivity contribution in [2.45, 2.75) is 38.8 Å². The van der Waals surface area contributed by atoms with E-state index in [0.29, 0.717) is 6.61 Å². The van der Waals surface area contributed by atoms with Crippen molar-refractivity contribution in [2.24, 2.45) is 0 Å². The van der Waals surface area contributed by atoms with Crippen LogP contribution >= 0.6 is 0 Å². The molecule has 1 heterocycles. The first-order chi connectivity index (χ1) is 11.1. The summed E-state index contributed by atoms with van der Waals surface area (Å²) in [4.78, 5) is 14.5. The lowest BCUT2D eigenvalue weighted by Gasteiger charge is -2.36. The van der Waals surface area contributed by atoms with Gasteiger partial charge in [-0.3, -0.25) is 4.90 Å². The molecule has 3 nitrogen and oxygen atoms in total. The maximum atomic E-state index is 12.6. The number of carbonyl (C=O) groups excluding carboxylic acids is 1. The second-order valence-corrected chi connectivity index (χ2v) is 6.38. The minimum Gasteiger partial charge on any atom is -0.445 e. The van der Waals surface area contributed by atoms with Gasteiger partial charge < -0.3 is 4.74 Å². The summed E-state index contributed by atoms with van der Waals surface area (Å²) in [6, 6.07) is 18.1. The van der Waals surface area contributed by atoms with Gasteiger partial charge in [-0.25, -0.2) is 4.79 Å². The predicted molar refractivity (Wildman–Crippen MR) is 91.1 cm³/mol. The Kier molecular flexibility index (Phi) is 4.37. The number of likely N-dealkylation sites (tertiary alicyclic amines) is 1. The van der Waals surface area contributed by atoms with Crippen LogP contribution in [0.5, 0.6) is 0 Å². The van der Waals surface area contributed by atoms with Crippen LogP contribution in [0.3, 0.4) is 0 Å². The zero-order valence-electron chi connectivity index (χ0n) is 13.8. The molecule has 1 saturated heterocycles. The van der Waals surface area contributed by atoms with Gasteiger partial charge in [-0.2, -0.15) is 0 Å². The SMILES string of the molecule is Cc1ccccc1C1(C)CCCN1C(=O)OCc1ccccc1. The fourth-order valence-electron chi connectivity index (χ4n) is 3.51. The van der Waals surface area contributed by atoms with Crippen molar-refractivity contribution >= 4 is 6.09 Å². The summed E-state index contributed by atoms with van der Waals surface area (Å²) >= 11 is 0. The second-order valence-electron chi connectivity index (χ2n) is 6.38. The fraction of sp³-hybridized carbons (Fsp3) is 0.350. The molecule has 2 aromatic rings. The maximum Gasteiger partial charge on any atom is 0.410 e. The summed E-state index contributed by atoms with van der Waals surface area (Å²) < 4.78 is 5.56. The van der Waals surface area contributed by atoms with Crippen molar-refractivity contribution in [3.8, 4) is 0 Å². The molecule has 1 fully saturated rings. The number of nitrogens with zero attached hydrogens (tertiary/aromatic N) is 1. The van der Waals surface area contributed by atoms with E-state index >= 15 is 0 Å². The lowest BCUT2D eigenvalue weighted by atomic mass is 9.86. The third kappa shape index (κ3) is 3.09. The average Bonchev–Trinajstić information content (AvgIpc) is 2.97. The Bertz CT molecular complexity index is 683. The van der Waals surface area contributed by atoms with E-state index in [0.717, 1.165) is 24.9 Å². The molecule has 2 aromatic carbocycles. The quantitative estimate of drug-likeness (QED) is 0.826. The van der Waals surface area contributed by atoms with Crippen LogP contribution in [0.1, 0.15) is 36.5 Å². The Hall–Kier alpha value is -2.29. The fourth-order valence-corrected chi connectivity index (χ4v) is 3.51. The highest BCUT2D eigenvalue weighted by Crippen LogP contribution is 2.40. The molecule has 0 saturated carbocycles. The third-order valence-corrected chi connectivity index (χ3v) is 4.79. The molecule has 1 aliphatic heterocycles. The lowest BCUT2D eigenvalue weighted by Crippen LogP contribution is -2.43. The van der Waals surface area contributed by atoms with E-state index in [1.54, 1.807) is 0 Å². The first-order valence-electron chi connectivity index (χ1n) is 8.16. The zero-order chi connectivity index (χ0) is 16.3. The van der Waals surface area contributed by atoms with E-state index in [-0.39, 0.29) is 11.6 Å². The molecule has 3 heteroatoms. The molecule has 23 heavy (non-hydrogen) atoms. The molecule has 0 spiro atoms. The lowest BCUT2D eigenvalue weighted by molar-refractivity contribution is 0.0691. The van der Waals surface area contributed by atoms with Crippen molar-refractivity contribution < 1.29 is 9.53 Å². The minimum absolute atomic E-state index is 0.225. The van der Waals surface area contributed by atoms with E-state index in [9.17, 15) is 4.79 Å². The number of benzene rings is 2. The number of hydrogen-bond donors (Lipinski definition) is 0. The molecule has 1 atom stereocenters. The second kappa shape index (κ2) is 6.45. The molecule has 0 radical (unpaired) electrons. The van der Waals surface area contributed by atoms with Crippen LogP contribution < -0.4 is 0 Å². The molecule has 3 rings (SSSR count). The highest BCUT2D eigenvalue weighted by Gasteiger charge is 2.42. The molecular weight excluding hydrogens is 286 g/mol. The Labute approximate surface area is 137 Å². The summed E-state index contributed by atoms with van der Waals surface area (Å²) in [5.41, 5.74) is 3.17. The first kappa shape index (κ1) is 15.6. The molecular formula is C20H23NO2. The van der Waals surface area contributed by atoms with Gasteiger partial charge in [-0.15, -0.1) is 0 Å². The Morgan fingerprint density at radius 2 is 1.83 bits per heavy atom. The predicted octanol–water partition coefficient (Wildman–Crippen LogP) is 4.64. The standard InChI is InChI=1S/C20H23NO2/c1-16-9-6-7-12-18(16)20(2)13-8-14-21(20)19(22)23-15-17-10-4-3-5-11-17/h3-7,9-12H,8,13-15H2,1-2H3. The molecule has 0 aromatic heterocycles. The number of amides is 1. The number of aryl methyl sites for hydroxylation is 1. The van der Waals surface area contributed by atoms with Crippen LogP contribution in [0.25, 0.3) is 0 Å². The van der Waals surface area contributed by atoms with Crippen molar-refractivity contribution in [3.05, 3.63) is 71.3 Å². The number of carbonyl (C=O) groups is 1. The van der Waals surface area contributed by atoms with Gasteiger partial charge in [0.1, 0.15) is 6.61 Å². The Balaban J connectivity index is 1.76. The average molecular weight is 309 g/mol. The minimum atomic E-state index is -0.279. The van der Waals surface area contributed by atoms with Gasteiger partial charge in [-0.1, -0.05) is 54.6 Å². The topological polar surface area (TPSA) is 29.5 Å². The van der Waals surface area contributed by atoms with Crippen molar-refractivity contribution in [3.63, 3.8) is 0 Å². The summed E-state index contributed by atoms with van der Waals surface area (Å²) in [5.74, 6) is 0. The largest absolute Gasteiger partial charge is 0.445 e. The number of ether oxygens (including phenoxy) is 1. The van der Waals surface area contributed by atoms with E-state index in [4.69, 9.17) is 4.74 Å². The molecule has 1 amide bonds. The Morgan fingerprint density at radius 3 is 2.57 bits per heavy atom. The van der Waals surface area contributed by atoms with E-state index in [2.05, 4.69) is 26.0 Å². The molecule has 1 aliphatic rings. The van der Waals surface area contributed by atoms with Crippen LogP contribution in [-0.2, 0) is 16.9 Å². The van der Waals surface area contributed by atoms with E-state index in [1.807, 2.05) is 47.4 Å². The van der Waals surface area contributed by atoms with Crippen molar-refractivity contribution in [1.29, 1.82) is 0 Å². The molecule has 120 valence electrons. The van der Waals surface area contributed by atoms with Gasteiger partial charge in [0.05, 0.1) is 5.54 Å². The molecule has 0 bridgehead atoms. The van der Waals surface area contributed by atoms with Gasteiger partial charge in [0.15, 0.2) is 0 Å². The van der Waals surface area contributed by atoms with Crippen LogP contribution in [0.15, 0.2) is 54.6 Å². The summed E-state index contributed by atoms with van der Waals surface area (Å²) in [6.07, 6.45) is 1.75. The van der Waals surface area contributed by atoms with Crippen molar-refractivity contribution in [2.75, 3.05) is 6.54 Å². The van der Waals surface area contributed by atoms with E-state index < -0.39 is 0 Å². The van der Waals surface area contributed by atoms with Crippen LogP contribution in [0.2, 0.25) is 0 Å². The Morgan fingerprint density at radius 1 is 1.13 bits per heavy atom. The van der Waals surface area contributed by atoms with Gasteiger partial charge in [0.25, 0.3) is 0 Å². The van der Waals surface area contributed by atoms with Crippen LogP contribution in [0, 0.1) is 6.92 Å². The summed E-state index contributed by atoms with van der Waals surface area (Å²) in [7, 11) is 0. The van der Waals surface area contributed by atoms with E-state index in [1.165, 1.54) is 11.1 Å². The third-order valence-electron chi connectivity index (χ3n) is 4.79. The van der Waals surface area contributed by atoms with Gasteiger partial charge in [0.2, 0.25) is 0 Å². The van der Waals surface area contributed by atoms with Crippen LogP contribution in [-0.4, -0.2) is 17.5 Å². The smallest absolute Gasteiger partial charge is 0.410 e. The monoisotopic (exact) mass is 309 g/mol. The first-order valence-corrected chi connectivity index (χ1v) is 8.16. The maximum absolute atomic E-state index is 12.6. The molecule has 1 unspecified atom stereocenters. The normalized spacial score (nSPS) is 20.5. The highest BCUT2D eigenvalue weighted by atomic mass is 16.6. The van der Waals surface area contributed by atoms with Crippen molar-refractivity contribution in [1.82, 2.24) is 4.90 Å². The van der Waals surface area contributed by atoms with Gasteiger partial charge in [0, 0.05) is 6.54 Å². The summed E-state index contributed by atoms with van der Waals surface area (Å²) in [5, 5.41) is 0.